The molecule has 2 nitrogen and oxygen atoms in total. The molecule has 0 unspecified atom stereocenters. The molecule has 0 N–H and O–H groups in total. The fraction of sp³-hybridized carbons (Fsp3) is 0.267. The van der Waals surface area contributed by atoms with Crippen LogP contribution in [0.1, 0.15) is 27.0 Å². The smallest absolute Gasteiger partial charge is 0.259 e. The molecule has 1 aromatic carbocycles. The van der Waals surface area contributed by atoms with E-state index in [9.17, 15) is 9.18 Å². The molecule has 0 saturated heterocycles. The van der Waals surface area contributed by atoms with Gasteiger partial charge in [0.2, 0.25) is 0 Å². The van der Waals surface area contributed by atoms with Crippen LogP contribution in [0.4, 0.5) is 10.1 Å². The van der Waals surface area contributed by atoms with Gasteiger partial charge in [-0.05, 0) is 51.1 Å². The van der Waals surface area contributed by atoms with Gasteiger partial charge in [0.25, 0.3) is 5.91 Å². The van der Waals surface area contributed by atoms with Crippen LogP contribution >= 0.6 is 11.3 Å². The van der Waals surface area contributed by atoms with Crippen LogP contribution in [0.5, 0.6) is 0 Å². The molecule has 0 radical (unpaired) electrons. The predicted molar refractivity (Wildman–Crippen MR) is 77.5 cm³/mol. The molecule has 4 heteroatoms. The number of amides is 1. The SMILES string of the molecule is CCN(C(=O)c1cc(C)sc1C)c1ccc(F)cc1. The number of aryl methyl sites for hydroxylation is 2. The second kappa shape index (κ2) is 5.53. The molecular weight excluding hydrogens is 261 g/mol. The zero-order valence-electron chi connectivity index (χ0n) is 11.2. The van der Waals surface area contributed by atoms with E-state index in [4.69, 9.17) is 0 Å². The number of hydrogen-bond acceptors (Lipinski definition) is 2. The summed E-state index contributed by atoms with van der Waals surface area (Å²) in [6.07, 6.45) is 0. The minimum atomic E-state index is -0.296. The molecule has 0 spiro atoms. The van der Waals surface area contributed by atoms with Crippen LogP contribution in [0.15, 0.2) is 30.3 Å². The summed E-state index contributed by atoms with van der Waals surface area (Å²) in [4.78, 5) is 16.3. The minimum Gasteiger partial charge on any atom is -0.309 e. The summed E-state index contributed by atoms with van der Waals surface area (Å²) in [6, 6.07) is 7.92. The highest BCUT2D eigenvalue weighted by Gasteiger charge is 2.19. The van der Waals surface area contributed by atoms with Crippen molar-refractivity contribution in [3.8, 4) is 0 Å². The maximum Gasteiger partial charge on any atom is 0.259 e. The number of nitrogens with zero attached hydrogens (tertiary/aromatic N) is 1. The predicted octanol–water partition coefficient (Wildman–Crippen LogP) is 4.17. The average Bonchev–Trinajstić information content (AvgIpc) is 2.71. The maximum absolute atomic E-state index is 12.9. The largest absolute Gasteiger partial charge is 0.309 e. The standard InChI is InChI=1S/C15H16FNOS/c1-4-17(13-7-5-12(16)6-8-13)15(18)14-9-10(2)19-11(14)3/h5-9H,4H2,1-3H3. The number of benzene rings is 1. The fourth-order valence-electron chi connectivity index (χ4n) is 2.05. The van der Waals surface area contributed by atoms with E-state index in [1.807, 2.05) is 26.8 Å². The summed E-state index contributed by atoms with van der Waals surface area (Å²) < 4.78 is 12.9. The lowest BCUT2D eigenvalue weighted by molar-refractivity contribution is 0.0988. The third-order valence-corrected chi connectivity index (χ3v) is 3.94. The van der Waals surface area contributed by atoms with Gasteiger partial charge in [0.05, 0.1) is 5.56 Å². The van der Waals surface area contributed by atoms with Crippen molar-refractivity contribution >= 4 is 22.9 Å². The Kier molecular flexibility index (Phi) is 4.00. The first-order valence-corrected chi connectivity index (χ1v) is 6.99. The Hall–Kier alpha value is -1.68. The molecule has 1 amide bonds. The van der Waals surface area contributed by atoms with E-state index in [0.29, 0.717) is 6.54 Å². The van der Waals surface area contributed by atoms with Crippen molar-refractivity contribution in [2.45, 2.75) is 20.8 Å². The molecule has 0 fully saturated rings. The van der Waals surface area contributed by atoms with E-state index in [0.717, 1.165) is 21.0 Å². The van der Waals surface area contributed by atoms with Gasteiger partial charge in [0.15, 0.2) is 0 Å². The lowest BCUT2D eigenvalue weighted by atomic mass is 10.2. The van der Waals surface area contributed by atoms with Gasteiger partial charge in [-0.25, -0.2) is 4.39 Å². The van der Waals surface area contributed by atoms with E-state index < -0.39 is 0 Å². The van der Waals surface area contributed by atoms with Gasteiger partial charge in [-0.15, -0.1) is 11.3 Å². The molecule has 1 heterocycles. The first kappa shape index (κ1) is 13.7. The number of hydrogen-bond donors (Lipinski definition) is 0. The van der Waals surface area contributed by atoms with E-state index in [1.165, 1.54) is 12.1 Å². The minimum absolute atomic E-state index is 0.0315. The molecule has 0 aliphatic carbocycles. The molecule has 19 heavy (non-hydrogen) atoms. The van der Waals surface area contributed by atoms with Crippen LogP contribution in [0.25, 0.3) is 0 Å². The van der Waals surface area contributed by atoms with Gasteiger partial charge in [0, 0.05) is 22.0 Å². The molecule has 0 saturated carbocycles. The number of anilines is 1. The Morgan fingerprint density at radius 1 is 1.26 bits per heavy atom. The normalized spacial score (nSPS) is 10.5. The summed E-state index contributed by atoms with van der Waals surface area (Å²) >= 11 is 1.62. The van der Waals surface area contributed by atoms with Crippen LogP contribution in [0.2, 0.25) is 0 Å². The molecule has 1 aromatic heterocycles. The zero-order chi connectivity index (χ0) is 14.0. The van der Waals surface area contributed by atoms with Crippen molar-refractivity contribution in [2.24, 2.45) is 0 Å². The van der Waals surface area contributed by atoms with Gasteiger partial charge in [-0.1, -0.05) is 0 Å². The van der Waals surface area contributed by atoms with Gasteiger partial charge < -0.3 is 4.90 Å². The van der Waals surface area contributed by atoms with Crippen molar-refractivity contribution in [3.63, 3.8) is 0 Å². The van der Waals surface area contributed by atoms with E-state index in [1.54, 1.807) is 28.4 Å². The maximum atomic E-state index is 12.9. The molecule has 0 atom stereocenters. The van der Waals surface area contributed by atoms with Gasteiger partial charge in [-0.3, -0.25) is 4.79 Å². The number of carbonyl (C=O) groups excluding carboxylic acids is 1. The molecule has 0 aliphatic rings. The van der Waals surface area contributed by atoms with E-state index in [2.05, 4.69) is 0 Å². The topological polar surface area (TPSA) is 20.3 Å². The monoisotopic (exact) mass is 277 g/mol. The summed E-state index contributed by atoms with van der Waals surface area (Å²) in [6.45, 7) is 6.40. The number of halogens is 1. The quantitative estimate of drug-likeness (QED) is 0.824. The van der Waals surface area contributed by atoms with Crippen LogP contribution in [-0.4, -0.2) is 12.5 Å². The van der Waals surface area contributed by atoms with Crippen molar-refractivity contribution < 1.29 is 9.18 Å². The number of thiophene rings is 1. The van der Waals surface area contributed by atoms with Crippen molar-refractivity contribution in [2.75, 3.05) is 11.4 Å². The Bertz CT molecular complexity index is 589. The van der Waals surface area contributed by atoms with Gasteiger partial charge >= 0.3 is 0 Å². The number of rotatable bonds is 3. The molecular formula is C15H16FNOS. The lowest BCUT2D eigenvalue weighted by Gasteiger charge is -2.21. The molecule has 0 bridgehead atoms. The Morgan fingerprint density at radius 2 is 1.89 bits per heavy atom. The summed E-state index contributed by atoms with van der Waals surface area (Å²) in [5.41, 5.74) is 1.45. The van der Waals surface area contributed by atoms with Crippen molar-refractivity contribution in [3.05, 3.63) is 51.5 Å². The highest BCUT2D eigenvalue weighted by atomic mass is 32.1. The Labute approximate surface area is 116 Å². The van der Waals surface area contributed by atoms with Crippen LogP contribution < -0.4 is 4.90 Å². The van der Waals surface area contributed by atoms with Crippen LogP contribution in [-0.2, 0) is 0 Å². The first-order chi connectivity index (χ1) is 9.02. The lowest BCUT2D eigenvalue weighted by Crippen LogP contribution is -2.30. The van der Waals surface area contributed by atoms with E-state index in [-0.39, 0.29) is 11.7 Å². The second-order valence-corrected chi connectivity index (χ2v) is 5.81. The van der Waals surface area contributed by atoms with Gasteiger partial charge in [-0.2, -0.15) is 0 Å². The average molecular weight is 277 g/mol. The Balaban J connectivity index is 2.34. The zero-order valence-corrected chi connectivity index (χ0v) is 12.1. The van der Waals surface area contributed by atoms with Crippen LogP contribution in [0, 0.1) is 19.7 Å². The first-order valence-electron chi connectivity index (χ1n) is 6.17. The third-order valence-electron chi connectivity index (χ3n) is 2.97. The molecule has 0 aliphatic heterocycles. The molecule has 2 aromatic rings. The van der Waals surface area contributed by atoms with Crippen molar-refractivity contribution in [1.82, 2.24) is 0 Å². The van der Waals surface area contributed by atoms with Gasteiger partial charge in [0.1, 0.15) is 5.82 Å². The second-order valence-electron chi connectivity index (χ2n) is 4.35. The number of carbonyl (C=O) groups is 1. The summed E-state index contributed by atoms with van der Waals surface area (Å²) in [5, 5.41) is 0. The van der Waals surface area contributed by atoms with Crippen molar-refractivity contribution in [1.29, 1.82) is 0 Å². The highest BCUT2D eigenvalue weighted by molar-refractivity contribution is 7.12. The van der Waals surface area contributed by atoms with Crippen LogP contribution in [0.3, 0.4) is 0 Å². The Morgan fingerprint density at radius 3 is 2.37 bits per heavy atom. The molecule has 2 rings (SSSR count). The van der Waals surface area contributed by atoms with E-state index >= 15 is 0 Å². The molecule has 100 valence electrons. The third kappa shape index (κ3) is 2.84. The summed E-state index contributed by atoms with van der Waals surface area (Å²) in [5.74, 6) is -0.328. The highest BCUT2D eigenvalue weighted by Crippen LogP contribution is 2.24. The fourth-order valence-corrected chi connectivity index (χ4v) is 2.97. The summed E-state index contributed by atoms with van der Waals surface area (Å²) in [7, 11) is 0.